The van der Waals surface area contributed by atoms with E-state index in [-0.39, 0.29) is 0 Å². The summed E-state index contributed by atoms with van der Waals surface area (Å²) in [5, 5.41) is 15.0. The van der Waals surface area contributed by atoms with E-state index in [0.717, 1.165) is 10.6 Å². The SMILES string of the molecule is CC(C)c1nnsc1C1(O)C2CCCCC21. The summed E-state index contributed by atoms with van der Waals surface area (Å²) in [6, 6.07) is 0. The van der Waals surface area contributed by atoms with Crippen LogP contribution in [-0.4, -0.2) is 14.7 Å². The number of aliphatic hydroxyl groups is 1. The van der Waals surface area contributed by atoms with E-state index in [4.69, 9.17) is 0 Å². The van der Waals surface area contributed by atoms with E-state index < -0.39 is 5.60 Å². The number of rotatable bonds is 2. The van der Waals surface area contributed by atoms with Gasteiger partial charge in [0.25, 0.3) is 0 Å². The maximum absolute atomic E-state index is 10.8. The van der Waals surface area contributed by atoms with E-state index in [1.807, 2.05) is 0 Å². The Kier molecular flexibility index (Phi) is 2.33. The van der Waals surface area contributed by atoms with Crippen molar-refractivity contribution in [3.8, 4) is 0 Å². The van der Waals surface area contributed by atoms with Crippen LogP contribution in [0.1, 0.15) is 56.0 Å². The summed E-state index contributed by atoms with van der Waals surface area (Å²) in [6.45, 7) is 4.24. The molecule has 1 aromatic rings. The predicted molar refractivity (Wildman–Crippen MR) is 63.3 cm³/mol. The van der Waals surface area contributed by atoms with Crippen LogP contribution in [0.5, 0.6) is 0 Å². The first-order valence-electron chi connectivity index (χ1n) is 6.20. The molecule has 2 aliphatic carbocycles. The van der Waals surface area contributed by atoms with Crippen LogP contribution in [0.4, 0.5) is 0 Å². The summed E-state index contributed by atoms with van der Waals surface area (Å²) in [5.41, 5.74) is 0.450. The van der Waals surface area contributed by atoms with Crippen molar-refractivity contribution in [3.05, 3.63) is 10.6 Å². The Balaban J connectivity index is 1.95. The Morgan fingerprint density at radius 3 is 2.50 bits per heavy atom. The zero-order valence-electron chi connectivity index (χ0n) is 9.81. The smallest absolute Gasteiger partial charge is 0.109 e. The maximum Gasteiger partial charge on any atom is 0.109 e. The van der Waals surface area contributed by atoms with Crippen LogP contribution in [0.25, 0.3) is 0 Å². The number of aromatic nitrogens is 2. The molecule has 4 heteroatoms. The van der Waals surface area contributed by atoms with Crippen molar-refractivity contribution in [2.24, 2.45) is 11.8 Å². The van der Waals surface area contributed by atoms with E-state index in [1.165, 1.54) is 37.2 Å². The molecular weight excluding hydrogens is 220 g/mol. The Morgan fingerprint density at radius 2 is 1.94 bits per heavy atom. The monoisotopic (exact) mass is 238 g/mol. The van der Waals surface area contributed by atoms with E-state index in [9.17, 15) is 5.11 Å². The molecule has 0 amide bonds. The minimum Gasteiger partial charge on any atom is -0.384 e. The van der Waals surface area contributed by atoms with Crippen molar-refractivity contribution in [2.75, 3.05) is 0 Å². The van der Waals surface area contributed by atoms with Crippen LogP contribution in [0.3, 0.4) is 0 Å². The zero-order chi connectivity index (χ0) is 11.3. The molecule has 0 aliphatic heterocycles. The molecule has 1 aromatic heterocycles. The second-order valence-corrected chi connectivity index (χ2v) is 6.22. The molecule has 0 bridgehead atoms. The van der Waals surface area contributed by atoms with Crippen molar-refractivity contribution >= 4 is 11.5 Å². The zero-order valence-corrected chi connectivity index (χ0v) is 10.6. The lowest BCUT2D eigenvalue weighted by atomic mass is 10.0. The largest absolute Gasteiger partial charge is 0.384 e. The van der Waals surface area contributed by atoms with Gasteiger partial charge in [-0.05, 0) is 42.1 Å². The van der Waals surface area contributed by atoms with E-state index >= 15 is 0 Å². The van der Waals surface area contributed by atoms with Gasteiger partial charge in [0.05, 0.1) is 10.6 Å². The van der Waals surface area contributed by atoms with Gasteiger partial charge in [0.1, 0.15) is 5.60 Å². The highest BCUT2D eigenvalue weighted by Gasteiger charge is 2.66. The summed E-state index contributed by atoms with van der Waals surface area (Å²) in [4.78, 5) is 1.06. The van der Waals surface area contributed by atoms with Gasteiger partial charge in [-0.1, -0.05) is 31.2 Å². The Hall–Kier alpha value is -0.480. The summed E-state index contributed by atoms with van der Waals surface area (Å²) >= 11 is 1.40. The third-order valence-electron chi connectivity index (χ3n) is 4.21. The Morgan fingerprint density at radius 1 is 1.31 bits per heavy atom. The van der Waals surface area contributed by atoms with Gasteiger partial charge in [-0.25, -0.2) is 0 Å². The molecule has 2 aliphatic rings. The molecule has 88 valence electrons. The minimum absolute atomic E-state index is 0.362. The molecule has 2 fully saturated rings. The molecule has 0 spiro atoms. The van der Waals surface area contributed by atoms with E-state index in [2.05, 4.69) is 23.4 Å². The third kappa shape index (κ3) is 1.29. The maximum atomic E-state index is 10.8. The molecule has 3 rings (SSSR count). The molecule has 0 radical (unpaired) electrons. The van der Waals surface area contributed by atoms with Crippen LogP contribution in [0.2, 0.25) is 0 Å². The molecule has 1 N–H and O–H groups in total. The third-order valence-corrected chi connectivity index (χ3v) is 5.09. The first-order valence-corrected chi connectivity index (χ1v) is 6.98. The van der Waals surface area contributed by atoms with Crippen LogP contribution < -0.4 is 0 Å². The second kappa shape index (κ2) is 3.50. The molecule has 1 heterocycles. The summed E-state index contributed by atoms with van der Waals surface area (Å²) < 4.78 is 4.04. The fourth-order valence-corrected chi connectivity index (χ4v) is 4.31. The van der Waals surface area contributed by atoms with Crippen molar-refractivity contribution in [1.29, 1.82) is 0 Å². The molecule has 2 atom stereocenters. The summed E-state index contributed by atoms with van der Waals surface area (Å²) in [5.74, 6) is 1.34. The molecule has 16 heavy (non-hydrogen) atoms. The van der Waals surface area contributed by atoms with Crippen molar-refractivity contribution < 1.29 is 5.11 Å². The van der Waals surface area contributed by atoms with Gasteiger partial charge in [-0.15, -0.1) is 5.10 Å². The van der Waals surface area contributed by atoms with Crippen LogP contribution >= 0.6 is 11.5 Å². The van der Waals surface area contributed by atoms with Crippen molar-refractivity contribution in [2.45, 2.75) is 51.0 Å². The Bertz CT molecular complexity index is 389. The predicted octanol–water partition coefficient (Wildman–Crippen LogP) is 2.67. The molecular formula is C12H18N2OS. The van der Waals surface area contributed by atoms with Crippen LogP contribution in [0.15, 0.2) is 0 Å². The highest BCUT2D eigenvalue weighted by atomic mass is 32.1. The first-order chi connectivity index (χ1) is 7.65. The van der Waals surface area contributed by atoms with Gasteiger partial charge in [0, 0.05) is 0 Å². The van der Waals surface area contributed by atoms with Gasteiger partial charge in [-0.2, -0.15) is 0 Å². The lowest BCUT2D eigenvalue weighted by molar-refractivity contribution is 0.120. The van der Waals surface area contributed by atoms with Crippen LogP contribution in [0, 0.1) is 11.8 Å². The fourth-order valence-electron chi connectivity index (χ4n) is 3.28. The summed E-state index contributed by atoms with van der Waals surface area (Å²) in [6.07, 6.45) is 4.90. The molecule has 0 saturated heterocycles. The average molecular weight is 238 g/mol. The number of nitrogens with zero attached hydrogens (tertiary/aromatic N) is 2. The topological polar surface area (TPSA) is 46.0 Å². The minimum atomic E-state index is -0.565. The normalized spacial score (nSPS) is 37.5. The average Bonchev–Trinajstić information content (AvgIpc) is 2.70. The lowest BCUT2D eigenvalue weighted by Crippen LogP contribution is -2.11. The van der Waals surface area contributed by atoms with E-state index in [1.54, 1.807) is 0 Å². The second-order valence-electron chi connectivity index (χ2n) is 5.46. The van der Waals surface area contributed by atoms with Gasteiger partial charge in [0.15, 0.2) is 0 Å². The van der Waals surface area contributed by atoms with Gasteiger partial charge in [-0.3, -0.25) is 0 Å². The highest BCUT2D eigenvalue weighted by Crippen LogP contribution is 2.65. The van der Waals surface area contributed by atoms with Crippen LogP contribution in [-0.2, 0) is 5.60 Å². The van der Waals surface area contributed by atoms with Crippen molar-refractivity contribution in [1.82, 2.24) is 9.59 Å². The fraction of sp³-hybridized carbons (Fsp3) is 0.833. The Labute approximate surface area is 100 Å². The number of fused-ring (bicyclic) bond motifs is 1. The van der Waals surface area contributed by atoms with E-state index in [0.29, 0.717) is 17.8 Å². The number of hydrogen-bond acceptors (Lipinski definition) is 4. The number of hydrogen-bond donors (Lipinski definition) is 1. The standard InChI is InChI=1S/C12H18N2OS/c1-7(2)10-11(16-14-13-10)12(15)8-5-3-4-6-9(8)12/h7-9,15H,3-6H2,1-2H3. The molecule has 2 unspecified atom stereocenters. The highest BCUT2D eigenvalue weighted by molar-refractivity contribution is 7.05. The molecule has 2 saturated carbocycles. The van der Waals surface area contributed by atoms with Crippen molar-refractivity contribution in [3.63, 3.8) is 0 Å². The van der Waals surface area contributed by atoms with Gasteiger partial charge >= 0.3 is 0 Å². The van der Waals surface area contributed by atoms with Gasteiger partial charge < -0.3 is 5.11 Å². The quantitative estimate of drug-likeness (QED) is 0.861. The summed E-state index contributed by atoms with van der Waals surface area (Å²) in [7, 11) is 0. The van der Waals surface area contributed by atoms with Gasteiger partial charge in [0.2, 0.25) is 0 Å². The molecule has 0 aromatic carbocycles. The lowest BCUT2D eigenvalue weighted by Gasteiger charge is -2.11. The first kappa shape index (κ1) is 10.7. The molecule has 3 nitrogen and oxygen atoms in total.